The molecule has 5 nitrogen and oxygen atoms in total. The maximum atomic E-state index is 13.0. The Morgan fingerprint density at radius 3 is 1.80 bits per heavy atom. The fraction of sp³-hybridized carbons (Fsp3) is 0.190. The summed E-state index contributed by atoms with van der Waals surface area (Å²) in [4.78, 5) is 19.3. The normalized spacial score (nSPS) is 12.4. The minimum Gasteiger partial charge on any atom is -0.439 e. The van der Waals surface area contributed by atoms with Gasteiger partial charge in [-0.25, -0.2) is 4.98 Å². The summed E-state index contributed by atoms with van der Waals surface area (Å²) in [5.41, 5.74) is -5.46. The third kappa shape index (κ3) is 6.61. The van der Waals surface area contributed by atoms with Gasteiger partial charge in [-0.2, -0.15) is 44.5 Å². The molecule has 0 unspecified atom stereocenters. The van der Waals surface area contributed by atoms with Gasteiger partial charge < -0.3 is 10.1 Å². The van der Waals surface area contributed by atoms with Crippen molar-refractivity contribution in [2.75, 3.05) is 5.32 Å². The largest absolute Gasteiger partial charge is 0.439 e. The molecule has 0 aliphatic rings. The van der Waals surface area contributed by atoms with Crippen LogP contribution in [0.2, 0.25) is 0 Å². The van der Waals surface area contributed by atoms with E-state index in [2.05, 4.69) is 15.3 Å². The fourth-order valence-corrected chi connectivity index (χ4v) is 2.75. The molecule has 0 spiro atoms. The fourth-order valence-electron chi connectivity index (χ4n) is 2.75. The number of alkyl halides is 9. The van der Waals surface area contributed by atoms with Crippen LogP contribution < -0.4 is 10.1 Å². The predicted octanol–water partition coefficient (Wildman–Crippen LogP) is 6.89. The van der Waals surface area contributed by atoms with E-state index in [4.69, 9.17) is 4.74 Å². The number of anilines is 1. The average molecular weight is 509 g/mol. The minimum atomic E-state index is -5.12. The van der Waals surface area contributed by atoms with Gasteiger partial charge in [-0.1, -0.05) is 0 Å². The molecule has 1 aromatic heterocycles. The number of hydrogen-bond acceptors (Lipinski definition) is 4. The van der Waals surface area contributed by atoms with E-state index >= 15 is 0 Å². The lowest BCUT2D eigenvalue weighted by atomic mass is 10.0. The van der Waals surface area contributed by atoms with Crippen molar-refractivity contribution in [3.8, 4) is 11.6 Å². The second-order valence-electron chi connectivity index (χ2n) is 7.01. The quantitative estimate of drug-likeness (QED) is 0.390. The average Bonchev–Trinajstić information content (AvgIpc) is 2.72. The van der Waals surface area contributed by atoms with Crippen LogP contribution >= 0.6 is 0 Å². The molecule has 3 aromatic rings. The van der Waals surface area contributed by atoms with Gasteiger partial charge in [0, 0.05) is 17.3 Å². The van der Waals surface area contributed by atoms with Gasteiger partial charge in [0.1, 0.15) is 11.6 Å². The van der Waals surface area contributed by atoms with Crippen LogP contribution in [0.5, 0.6) is 11.6 Å². The molecule has 3 rings (SSSR count). The van der Waals surface area contributed by atoms with E-state index in [9.17, 15) is 44.3 Å². The van der Waals surface area contributed by atoms with Gasteiger partial charge in [0.05, 0.1) is 11.1 Å². The topological polar surface area (TPSA) is 64.1 Å². The van der Waals surface area contributed by atoms with E-state index in [0.29, 0.717) is 6.07 Å². The smallest absolute Gasteiger partial charge is 0.433 e. The van der Waals surface area contributed by atoms with Crippen LogP contribution in [-0.4, -0.2) is 15.9 Å². The Morgan fingerprint density at radius 1 is 0.771 bits per heavy atom. The number of halogens is 9. The Labute approximate surface area is 190 Å². The molecular formula is C21H12F9N3O2. The van der Waals surface area contributed by atoms with Crippen LogP contribution in [0.15, 0.2) is 48.5 Å². The minimum absolute atomic E-state index is 0.0207. The molecule has 1 N–H and O–H groups in total. The Morgan fingerprint density at radius 2 is 1.31 bits per heavy atom. The van der Waals surface area contributed by atoms with Crippen LogP contribution in [0.3, 0.4) is 0 Å². The molecule has 0 fully saturated rings. The SMILES string of the molecule is Cc1nc(Oc2ccc(NC(=O)c3cc(C(F)(F)F)cc(C(F)(F)F)c3)cc2)cc(C(F)(F)F)n1. The summed E-state index contributed by atoms with van der Waals surface area (Å²) in [5, 5.41) is 2.14. The third-order valence-electron chi connectivity index (χ3n) is 4.29. The second-order valence-corrected chi connectivity index (χ2v) is 7.01. The van der Waals surface area contributed by atoms with Gasteiger partial charge in [0.25, 0.3) is 5.91 Å². The van der Waals surface area contributed by atoms with Crippen LogP contribution in [0.4, 0.5) is 45.2 Å². The van der Waals surface area contributed by atoms with Crippen molar-refractivity contribution in [1.82, 2.24) is 9.97 Å². The van der Waals surface area contributed by atoms with Gasteiger partial charge in [0.15, 0.2) is 5.69 Å². The van der Waals surface area contributed by atoms with Crippen LogP contribution in [0.25, 0.3) is 0 Å². The molecule has 0 saturated carbocycles. The zero-order chi connectivity index (χ0) is 26.2. The summed E-state index contributed by atoms with van der Waals surface area (Å²) in [6, 6.07) is 5.72. The second kappa shape index (κ2) is 9.07. The number of ether oxygens (including phenoxy) is 1. The highest BCUT2D eigenvalue weighted by atomic mass is 19.4. The molecule has 0 aliphatic heterocycles. The van der Waals surface area contributed by atoms with Crippen molar-refractivity contribution in [2.45, 2.75) is 25.5 Å². The predicted molar refractivity (Wildman–Crippen MR) is 103 cm³/mol. The van der Waals surface area contributed by atoms with Crippen molar-refractivity contribution in [2.24, 2.45) is 0 Å². The summed E-state index contributed by atoms with van der Waals surface area (Å²) in [6.07, 6.45) is -15.0. The van der Waals surface area contributed by atoms with Gasteiger partial charge in [-0.05, 0) is 49.4 Å². The van der Waals surface area contributed by atoms with Crippen molar-refractivity contribution in [3.63, 3.8) is 0 Å². The molecule has 14 heteroatoms. The van der Waals surface area contributed by atoms with Crippen molar-refractivity contribution in [3.05, 3.63) is 76.7 Å². The first kappa shape index (κ1) is 25.8. The van der Waals surface area contributed by atoms with Gasteiger partial charge in [0.2, 0.25) is 5.88 Å². The van der Waals surface area contributed by atoms with E-state index in [-0.39, 0.29) is 35.5 Å². The molecule has 1 heterocycles. The van der Waals surface area contributed by atoms with Crippen LogP contribution in [-0.2, 0) is 18.5 Å². The lowest BCUT2D eigenvalue weighted by Crippen LogP contribution is -2.17. The van der Waals surface area contributed by atoms with E-state index in [1.165, 1.54) is 31.2 Å². The summed E-state index contributed by atoms with van der Waals surface area (Å²) in [6.45, 7) is 1.22. The number of amides is 1. The zero-order valence-corrected chi connectivity index (χ0v) is 17.2. The number of aromatic nitrogens is 2. The molecule has 186 valence electrons. The maximum absolute atomic E-state index is 13.0. The van der Waals surface area contributed by atoms with Gasteiger partial charge in [-0.3, -0.25) is 4.79 Å². The van der Waals surface area contributed by atoms with Crippen molar-refractivity contribution in [1.29, 1.82) is 0 Å². The standard InChI is InChI=1S/C21H12F9N3O2/c1-10-31-16(21(28,29)30)9-17(32-10)35-15-4-2-14(3-5-15)33-18(34)11-6-12(19(22,23)24)8-13(7-11)20(25,26)27/h2-9H,1H3,(H,33,34). The molecule has 0 saturated heterocycles. The Balaban J connectivity index is 1.80. The molecule has 35 heavy (non-hydrogen) atoms. The number of carbonyl (C=O) groups excluding carboxylic acids is 1. The lowest BCUT2D eigenvalue weighted by Gasteiger charge is -2.14. The van der Waals surface area contributed by atoms with Gasteiger partial charge >= 0.3 is 18.5 Å². The van der Waals surface area contributed by atoms with Crippen molar-refractivity contribution < 1.29 is 49.0 Å². The highest BCUT2D eigenvalue weighted by Crippen LogP contribution is 2.36. The van der Waals surface area contributed by atoms with E-state index < -0.39 is 52.7 Å². The molecule has 1 amide bonds. The Kier molecular flexibility index (Phi) is 6.68. The molecule has 0 bridgehead atoms. The number of aryl methyl sites for hydroxylation is 1. The number of nitrogens with zero attached hydrogens (tertiary/aromatic N) is 2. The summed E-state index contributed by atoms with van der Waals surface area (Å²) < 4.78 is 122. The molecular weight excluding hydrogens is 497 g/mol. The lowest BCUT2D eigenvalue weighted by molar-refractivity contribution is -0.143. The van der Waals surface area contributed by atoms with E-state index in [1.807, 2.05) is 0 Å². The Hall–Kier alpha value is -3.84. The first-order valence-corrected chi connectivity index (χ1v) is 9.34. The monoisotopic (exact) mass is 509 g/mol. The summed E-state index contributed by atoms with van der Waals surface area (Å²) in [5.74, 6) is -1.91. The number of rotatable bonds is 4. The van der Waals surface area contributed by atoms with E-state index in [1.54, 1.807) is 0 Å². The maximum Gasteiger partial charge on any atom is 0.433 e. The number of hydrogen-bond donors (Lipinski definition) is 1. The molecule has 0 aliphatic carbocycles. The van der Waals surface area contributed by atoms with Crippen LogP contribution in [0.1, 0.15) is 33.0 Å². The number of nitrogens with one attached hydrogen (secondary N) is 1. The first-order valence-electron chi connectivity index (χ1n) is 9.34. The third-order valence-corrected chi connectivity index (χ3v) is 4.29. The summed E-state index contributed by atoms with van der Waals surface area (Å²) in [7, 11) is 0. The Bertz CT molecular complexity index is 1200. The van der Waals surface area contributed by atoms with Gasteiger partial charge in [-0.15, -0.1) is 0 Å². The highest BCUT2D eigenvalue weighted by molar-refractivity contribution is 6.04. The number of benzene rings is 2. The number of carbonyl (C=O) groups is 1. The van der Waals surface area contributed by atoms with E-state index in [0.717, 1.165) is 0 Å². The molecule has 2 aromatic carbocycles. The molecule has 0 radical (unpaired) electrons. The molecule has 0 atom stereocenters. The zero-order valence-electron chi connectivity index (χ0n) is 17.2. The highest BCUT2D eigenvalue weighted by Gasteiger charge is 2.37. The summed E-state index contributed by atoms with van der Waals surface area (Å²) >= 11 is 0. The van der Waals surface area contributed by atoms with Crippen LogP contribution in [0, 0.1) is 6.92 Å². The van der Waals surface area contributed by atoms with Crippen molar-refractivity contribution >= 4 is 11.6 Å². The first-order chi connectivity index (χ1) is 16.0.